The lowest BCUT2D eigenvalue weighted by Gasteiger charge is -2.23. The summed E-state index contributed by atoms with van der Waals surface area (Å²) in [6, 6.07) is 9.37. The predicted molar refractivity (Wildman–Crippen MR) is 70.0 cm³/mol. The third-order valence-corrected chi connectivity index (χ3v) is 3.63. The van der Waals surface area contributed by atoms with Gasteiger partial charge in [-0.15, -0.1) is 0 Å². The van der Waals surface area contributed by atoms with Crippen LogP contribution in [0.1, 0.15) is 25.8 Å². The monoisotopic (exact) mass is 259 g/mol. The number of imide groups is 1. The number of benzene rings is 1. The molecule has 0 aromatic heterocycles. The Morgan fingerprint density at radius 2 is 1.89 bits per heavy atom. The van der Waals surface area contributed by atoms with Gasteiger partial charge in [0, 0.05) is 11.8 Å². The van der Waals surface area contributed by atoms with Crippen molar-refractivity contribution >= 4 is 18.1 Å². The van der Waals surface area contributed by atoms with E-state index < -0.39 is 11.3 Å². The Morgan fingerprint density at radius 1 is 1.26 bits per heavy atom. The summed E-state index contributed by atoms with van der Waals surface area (Å²) >= 11 is 0. The molecule has 0 N–H and O–H groups in total. The molecule has 19 heavy (non-hydrogen) atoms. The number of hydrogen-bond acceptors (Lipinski definition) is 3. The first kappa shape index (κ1) is 13.5. The Balaban J connectivity index is 2.18. The molecule has 0 unspecified atom stereocenters. The van der Waals surface area contributed by atoms with Gasteiger partial charge in [-0.3, -0.25) is 14.5 Å². The van der Waals surface area contributed by atoms with E-state index >= 15 is 0 Å². The van der Waals surface area contributed by atoms with E-state index in [1.165, 1.54) is 4.90 Å². The van der Waals surface area contributed by atoms with Crippen molar-refractivity contribution < 1.29 is 14.4 Å². The Bertz CT molecular complexity index is 507. The van der Waals surface area contributed by atoms with Crippen molar-refractivity contribution in [1.29, 1.82) is 0 Å². The summed E-state index contributed by atoms with van der Waals surface area (Å²) < 4.78 is 0. The summed E-state index contributed by atoms with van der Waals surface area (Å²) in [5, 5.41) is 0. The highest BCUT2D eigenvalue weighted by Crippen LogP contribution is 2.34. The van der Waals surface area contributed by atoms with Gasteiger partial charge in [-0.05, 0) is 5.56 Å². The van der Waals surface area contributed by atoms with Crippen LogP contribution in [0.5, 0.6) is 0 Å². The average Bonchev–Trinajstić information content (AvgIpc) is 2.69. The van der Waals surface area contributed by atoms with E-state index in [1.54, 1.807) is 13.8 Å². The molecule has 1 aliphatic rings. The lowest BCUT2D eigenvalue weighted by atomic mass is 9.79. The topological polar surface area (TPSA) is 54.5 Å². The molecule has 0 aliphatic carbocycles. The molecular weight excluding hydrogens is 242 g/mol. The van der Waals surface area contributed by atoms with Crippen molar-refractivity contribution in [2.45, 2.75) is 26.8 Å². The Kier molecular flexibility index (Phi) is 3.51. The highest BCUT2D eigenvalue weighted by molar-refractivity contribution is 6.04. The third kappa shape index (κ3) is 2.57. The van der Waals surface area contributed by atoms with Gasteiger partial charge in [-0.2, -0.15) is 0 Å². The van der Waals surface area contributed by atoms with E-state index in [1.807, 2.05) is 30.3 Å². The van der Waals surface area contributed by atoms with E-state index in [0.717, 1.165) is 11.8 Å². The maximum absolute atomic E-state index is 12.3. The van der Waals surface area contributed by atoms with Crippen LogP contribution in [0.3, 0.4) is 0 Å². The molecule has 1 fully saturated rings. The van der Waals surface area contributed by atoms with E-state index in [2.05, 4.69) is 0 Å². The average molecular weight is 259 g/mol. The molecule has 4 heteroatoms. The Labute approximate surface area is 112 Å². The maximum atomic E-state index is 12.3. The largest absolute Gasteiger partial charge is 0.303 e. The minimum absolute atomic E-state index is 0.122. The number of likely N-dealkylation sites (tertiary alicyclic amines) is 1. The van der Waals surface area contributed by atoms with Gasteiger partial charge in [0.1, 0.15) is 6.29 Å². The summed E-state index contributed by atoms with van der Waals surface area (Å²) in [5.41, 5.74) is 0.117. The van der Waals surface area contributed by atoms with Gasteiger partial charge in [-0.1, -0.05) is 44.2 Å². The summed E-state index contributed by atoms with van der Waals surface area (Å²) in [7, 11) is 0. The van der Waals surface area contributed by atoms with Gasteiger partial charge >= 0.3 is 0 Å². The van der Waals surface area contributed by atoms with Crippen LogP contribution < -0.4 is 0 Å². The molecule has 4 nitrogen and oxygen atoms in total. The minimum Gasteiger partial charge on any atom is -0.303 e. The lowest BCUT2D eigenvalue weighted by molar-refractivity contribution is -0.142. The van der Waals surface area contributed by atoms with Crippen molar-refractivity contribution in [3.63, 3.8) is 0 Å². The fraction of sp³-hybridized carbons (Fsp3) is 0.400. The molecule has 1 heterocycles. The van der Waals surface area contributed by atoms with Gasteiger partial charge in [0.15, 0.2) is 0 Å². The number of nitrogens with zero attached hydrogens (tertiary/aromatic N) is 1. The van der Waals surface area contributed by atoms with Crippen LogP contribution in [0.15, 0.2) is 30.3 Å². The third-order valence-electron chi connectivity index (χ3n) is 3.63. The molecule has 1 aliphatic heterocycles. The van der Waals surface area contributed by atoms with Crippen LogP contribution in [0, 0.1) is 11.3 Å². The molecule has 100 valence electrons. The molecule has 0 saturated carbocycles. The highest BCUT2D eigenvalue weighted by Gasteiger charge is 2.46. The minimum atomic E-state index is -0.793. The van der Waals surface area contributed by atoms with Crippen LogP contribution >= 0.6 is 0 Å². The molecule has 0 radical (unpaired) electrons. The van der Waals surface area contributed by atoms with Gasteiger partial charge < -0.3 is 4.79 Å². The second-order valence-electron chi connectivity index (χ2n) is 5.50. The number of hydrogen-bond donors (Lipinski definition) is 0. The Morgan fingerprint density at radius 3 is 2.47 bits per heavy atom. The molecule has 0 spiro atoms. The van der Waals surface area contributed by atoms with E-state index in [-0.39, 0.29) is 24.8 Å². The van der Waals surface area contributed by atoms with Crippen molar-refractivity contribution in [2.24, 2.45) is 11.3 Å². The Hall–Kier alpha value is -1.97. The maximum Gasteiger partial charge on any atom is 0.234 e. The van der Waals surface area contributed by atoms with E-state index in [0.29, 0.717) is 0 Å². The molecule has 1 atom stereocenters. The first-order valence-electron chi connectivity index (χ1n) is 6.30. The summed E-state index contributed by atoms with van der Waals surface area (Å²) in [6.45, 7) is 3.67. The molecule has 2 rings (SSSR count). The molecule has 0 bridgehead atoms. The number of carbonyl (C=O) groups excluding carboxylic acids is 3. The van der Waals surface area contributed by atoms with Gasteiger partial charge in [0.25, 0.3) is 0 Å². The zero-order chi connectivity index (χ0) is 14.0. The van der Waals surface area contributed by atoms with Crippen molar-refractivity contribution in [3.05, 3.63) is 35.9 Å². The standard InChI is InChI=1S/C15H17NO3/c1-15(2,10-17)12-8-13(18)16(14(12)19)9-11-6-4-3-5-7-11/h3-7,10,12H,8-9H2,1-2H3/t12-/m0/s1. The van der Waals surface area contributed by atoms with E-state index in [9.17, 15) is 14.4 Å². The zero-order valence-corrected chi connectivity index (χ0v) is 11.1. The van der Waals surface area contributed by atoms with Crippen LogP contribution in [0.4, 0.5) is 0 Å². The molecular formula is C15H17NO3. The predicted octanol–water partition coefficient (Wildman–Crippen LogP) is 1.79. The van der Waals surface area contributed by atoms with Crippen LogP contribution in [-0.2, 0) is 20.9 Å². The number of amides is 2. The first-order chi connectivity index (χ1) is 8.95. The van der Waals surface area contributed by atoms with Gasteiger partial charge in [0.2, 0.25) is 11.8 Å². The molecule has 1 aromatic rings. The zero-order valence-electron chi connectivity index (χ0n) is 11.1. The number of aldehydes is 1. The summed E-state index contributed by atoms with van der Waals surface area (Å²) in [6.07, 6.45) is 0.881. The molecule has 1 aromatic carbocycles. The first-order valence-corrected chi connectivity index (χ1v) is 6.30. The fourth-order valence-corrected chi connectivity index (χ4v) is 2.28. The lowest BCUT2D eigenvalue weighted by Crippen LogP contribution is -2.35. The highest BCUT2D eigenvalue weighted by atomic mass is 16.2. The van der Waals surface area contributed by atoms with Crippen LogP contribution in [0.2, 0.25) is 0 Å². The normalized spacial score (nSPS) is 19.9. The van der Waals surface area contributed by atoms with Gasteiger partial charge in [-0.25, -0.2) is 0 Å². The summed E-state index contributed by atoms with van der Waals surface area (Å²) in [5.74, 6) is -0.985. The second-order valence-corrected chi connectivity index (χ2v) is 5.50. The number of rotatable bonds is 4. The van der Waals surface area contributed by atoms with Gasteiger partial charge in [0.05, 0.1) is 12.5 Å². The quantitative estimate of drug-likeness (QED) is 0.612. The molecule has 2 amide bonds. The van der Waals surface area contributed by atoms with Crippen LogP contribution in [0.25, 0.3) is 0 Å². The smallest absolute Gasteiger partial charge is 0.234 e. The summed E-state index contributed by atoms with van der Waals surface area (Å²) in [4.78, 5) is 36.5. The van der Waals surface area contributed by atoms with Crippen LogP contribution in [-0.4, -0.2) is 23.0 Å². The van der Waals surface area contributed by atoms with Crippen molar-refractivity contribution in [2.75, 3.05) is 0 Å². The molecule has 1 saturated heterocycles. The number of carbonyl (C=O) groups is 3. The van der Waals surface area contributed by atoms with Crippen molar-refractivity contribution in [1.82, 2.24) is 4.90 Å². The second kappa shape index (κ2) is 4.96. The SMILES string of the molecule is CC(C)(C=O)[C@H]1CC(=O)N(Cc2ccccc2)C1=O. The van der Waals surface area contributed by atoms with Crippen molar-refractivity contribution in [3.8, 4) is 0 Å². The van der Waals surface area contributed by atoms with E-state index in [4.69, 9.17) is 0 Å². The fourth-order valence-electron chi connectivity index (χ4n) is 2.28.